The summed E-state index contributed by atoms with van der Waals surface area (Å²) in [5.41, 5.74) is 2.09. The third-order valence-corrected chi connectivity index (χ3v) is 4.26. The zero-order valence-electron chi connectivity index (χ0n) is 12.0. The van der Waals surface area contributed by atoms with Crippen molar-refractivity contribution in [2.75, 3.05) is 19.0 Å². The van der Waals surface area contributed by atoms with Crippen molar-refractivity contribution in [1.29, 1.82) is 0 Å². The topological polar surface area (TPSA) is 30.5 Å². The minimum Gasteiger partial charge on any atom is -0.493 e. The molecule has 0 aliphatic rings. The molecule has 21 heavy (non-hydrogen) atoms. The van der Waals surface area contributed by atoms with Crippen LogP contribution in [0.15, 0.2) is 45.3 Å². The zero-order valence-corrected chi connectivity index (χ0v) is 15.1. The monoisotopic (exact) mass is 413 g/mol. The van der Waals surface area contributed by atoms with Gasteiger partial charge in [-0.1, -0.05) is 31.9 Å². The van der Waals surface area contributed by atoms with Gasteiger partial charge in [-0.3, -0.25) is 0 Å². The second-order valence-corrected chi connectivity index (χ2v) is 6.12. The van der Waals surface area contributed by atoms with Crippen molar-refractivity contribution in [3.8, 4) is 11.5 Å². The van der Waals surface area contributed by atoms with Crippen LogP contribution < -0.4 is 14.8 Å². The van der Waals surface area contributed by atoms with Crippen LogP contribution in [0.25, 0.3) is 0 Å². The lowest BCUT2D eigenvalue weighted by Gasteiger charge is -2.16. The van der Waals surface area contributed by atoms with Gasteiger partial charge in [-0.25, -0.2) is 0 Å². The first kappa shape index (κ1) is 16.2. The summed E-state index contributed by atoms with van der Waals surface area (Å²) in [5.74, 6) is 1.52. The second-order valence-electron chi connectivity index (χ2n) is 4.35. The van der Waals surface area contributed by atoms with Crippen LogP contribution in [0.1, 0.15) is 12.5 Å². The summed E-state index contributed by atoms with van der Waals surface area (Å²) in [6.07, 6.45) is 0. The summed E-state index contributed by atoms with van der Waals surface area (Å²) < 4.78 is 13.2. The Hall–Kier alpha value is -1.20. The lowest BCUT2D eigenvalue weighted by atomic mass is 10.1. The van der Waals surface area contributed by atoms with E-state index in [9.17, 15) is 0 Å². The molecule has 0 unspecified atom stereocenters. The van der Waals surface area contributed by atoms with E-state index in [2.05, 4.69) is 37.2 Å². The average molecular weight is 415 g/mol. The van der Waals surface area contributed by atoms with Crippen molar-refractivity contribution in [1.82, 2.24) is 0 Å². The maximum Gasteiger partial charge on any atom is 0.167 e. The number of halogens is 2. The van der Waals surface area contributed by atoms with Crippen molar-refractivity contribution in [2.24, 2.45) is 0 Å². The Morgan fingerprint density at radius 2 is 1.76 bits per heavy atom. The number of methoxy groups -OCH3 is 1. The molecule has 5 heteroatoms. The molecule has 0 spiro atoms. The van der Waals surface area contributed by atoms with Gasteiger partial charge in [0.15, 0.2) is 11.5 Å². The molecule has 0 atom stereocenters. The maximum absolute atomic E-state index is 5.74. The molecule has 2 aromatic carbocycles. The zero-order chi connectivity index (χ0) is 15.2. The molecule has 0 amide bonds. The maximum atomic E-state index is 5.74. The lowest BCUT2D eigenvalue weighted by Crippen LogP contribution is -2.05. The molecule has 0 aromatic heterocycles. The molecule has 0 bridgehead atoms. The largest absolute Gasteiger partial charge is 0.493 e. The fourth-order valence-corrected chi connectivity index (χ4v) is 2.69. The normalized spacial score (nSPS) is 10.3. The van der Waals surface area contributed by atoms with E-state index < -0.39 is 0 Å². The molecule has 2 aromatic rings. The second kappa shape index (κ2) is 7.71. The van der Waals surface area contributed by atoms with Crippen LogP contribution in [0.2, 0.25) is 0 Å². The van der Waals surface area contributed by atoms with E-state index in [1.807, 2.05) is 43.3 Å². The highest BCUT2D eigenvalue weighted by Gasteiger charge is 2.14. The fourth-order valence-electron chi connectivity index (χ4n) is 1.97. The van der Waals surface area contributed by atoms with Crippen LogP contribution in [0.5, 0.6) is 11.5 Å². The molecular formula is C16H17Br2NO2. The third-order valence-electron chi connectivity index (χ3n) is 2.99. The Morgan fingerprint density at radius 3 is 2.38 bits per heavy atom. The predicted octanol–water partition coefficient (Wildman–Crippen LogP) is 5.23. The minimum absolute atomic E-state index is 0.595. The van der Waals surface area contributed by atoms with Gasteiger partial charge in [0.25, 0.3) is 0 Å². The first-order chi connectivity index (χ1) is 10.2. The molecule has 3 nitrogen and oxygen atoms in total. The van der Waals surface area contributed by atoms with Crippen LogP contribution in [0.3, 0.4) is 0 Å². The highest BCUT2D eigenvalue weighted by atomic mass is 79.9. The summed E-state index contributed by atoms with van der Waals surface area (Å²) in [5, 5.41) is 3.39. The Bertz CT molecular complexity index is 600. The number of anilines is 1. The number of benzene rings is 2. The highest BCUT2D eigenvalue weighted by Crippen LogP contribution is 2.36. The van der Waals surface area contributed by atoms with Crippen LogP contribution in [0.4, 0.5) is 5.69 Å². The van der Waals surface area contributed by atoms with E-state index in [0.717, 1.165) is 31.7 Å². The number of ether oxygens (including phenoxy) is 2. The van der Waals surface area contributed by atoms with Gasteiger partial charge in [-0.15, -0.1) is 0 Å². The Balaban J connectivity index is 2.23. The van der Waals surface area contributed by atoms with E-state index in [0.29, 0.717) is 13.2 Å². The molecule has 0 saturated carbocycles. The SMILES string of the molecule is CCOc1c(OC)ccc(Br)c1CNc1ccc(Br)cc1. The van der Waals surface area contributed by atoms with Gasteiger partial charge in [0, 0.05) is 26.7 Å². The van der Waals surface area contributed by atoms with E-state index in [1.165, 1.54) is 0 Å². The third kappa shape index (κ3) is 4.14. The van der Waals surface area contributed by atoms with Crippen LogP contribution in [0, 0.1) is 0 Å². The van der Waals surface area contributed by atoms with Crippen molar-refractivity contribution in [3.63, 3.8) is 0 Å². The van der Waals surface area contributed by atoms with Gasteiger partial charge in [-0.2, -0.15) is 0 Å². The van der Waals surface area contributed by atoms with E-state index >= 15 is 0 Å². The first-order valence-corrected chi connectivity index (χ1v) is 8.22. The minimum atomic E-state index is 0.595. The van der Waals surface area contributed by atoms with Crippen LogP contribution in [-0.4, -0.2) is 13.7 Å². The first-order valence-electron chi connectivity index (χ1n) is 6.63. The quantitative estimate of drug-likeness (QED) is 0.701. The summed E-state index contributed by atoms with van der Waals surface area (Å²) >= 11 is 7.01. The Morgan fingerprint density at radius 1 is 1.05 bits per heavy atom. The smallest absolute Gasteiger partial charge is 0.167 e. The molecule has 0 radical (unpaired) electrons. The van der Waals surface area contributed by atoms with Crippen LogP contribution >= 0.6 is 31.9 Å². The Kier molecular flexibility index (Phi) is 5.94. The molecule has 2 rings (SSSR count). The number of hydrogen-bond donors (Lipinski definition) is 1. The average Bonchev–Trinajstić information content (AvgIpc) is 2.49. The fraction of sp³-hybridized carbons (Fsp3) is 0.250. The molecule has 0 aliphatic heterocycles. The van der Waals surface area contributed by atoms with Crippen molar-refractivity contribution >= 4 is 37.5 Å². The van der Waals surface area contributed by atoms with E-state index in [1.54, 1.807) is 7.11 Å². The molecule has 0 saturated heterocycles. The van der Waals surface area contributed by atoms with Gasteiger partial charge in [0.05, 0.1) is 13.7 Å². The summed E-state index contributed by atoms with van der Waals surface area (Å²) in [6.45, 7) is 3.21. The van der Waals surface area contributed by atoms with Crippen molar-refractivity contribution in [2.45, 2.75) is 13.5 Å². The molecule has 112 valence electrons. The predicted molar refractivity (Wildman–Crippen MR) is 93.3 cm³/mol. The van der Waals surface area contributed by atoms with E-state index in [4.69, 9.17) is 9.47 Å². The molecule has 1 N–H and O–H groups in total. The molecule has 0 heterocycles. The molecule has 0 fully saturated rings. The Labute approximate surface area is 141 Å². The number of rotatable bonds is 6. The standard InChI is InChI=1S/C16H17Br2NO2/c1-3-21-16-13(14(18)8-9-15(16)20-2)10-19-12-6-4-11(17)5-7-12/h4-9,19H,3,10H2,1-2H3. The van der Waals surface area contributed by atoms with Gasteiger partial charge < -0.3 is 14.8 Å². The van der Waals surface area contributed by atoms with E-state index in [-0.39, 0.29) is 0 Å². The van der Waals surface area contributed by atoms with Gasteiger partial charge in [-0.05, 0) is 43.3 Å². The highest BCUT2D eigenvalue weighted by molar-refractivity contribution is 9.10. The number of nitrogens with one attached hydrogen (secondary N) is 1. The summed E-state index contributed by atoms with van der Waals surface area (Å²) in [4.78, 5) is 0. The molecule has 0 aliphatic carbocycles. The lowest BCUT2D eigenvalue weighted by molar-refractivity contribution is 0.307. The van der Waals surface area contributed by atoms with Crippen LogP contribution in [-0.2, 0) is 6.54 Å². The summed E-state index contributed by atoms with van der Waals surface area (Å²) in [7, 11) is 1.65. The van der Waals surface area contributed by atoms with Gasteiger partial charge >= 0.3 is 0 Å². The van der Waals surface area contributed by atoms with Crippen molar-refractivity contribution in [3.05, 3.63) is 50.9 Å². The van der Waals surface area contributed by atoms with Gasteiger partial charge in [0.2, 0.25) is 0 Å². The summed E-state index contributed by atoms with van der Waals surface area (Å²) in [6, 6.07) is 11.9. The molecular weight excluding hydrogens is 398 g/mol. The van der Waals surface area contributed by atoms with Crippen molar-refractivity contribution < 1.29 is 9.47 Å². The number of hydrogen-bond acceptors (Lipinski definition) is 3. The van der Waals surface area contributed by atoms with Gasteiger partial charge in [0.1, 0.15) is 0 Å².